The monoisotopic (exact) mass is 560 g/mol. The maximum Gasteiger partial charge on any atom is 0.174 e. The largest absolute Gasteiger partial charge is 0.459 e. The summed E-state index contributed by atoms with van der Waals surface area (Å²) in [5.41, 5.74) is 3.58. The van der Waals surface area contributed by atoms with Gasteiger partial charge in [-0.3, -0.25) is 4.98 Å². The second-order valence-electron chi connectivity index (χ2n) is 10.7. The zero-order chi connectivity index (χ0) is 27.1. The average Bonchev–Trinajstić information content (AvgIpc) is 3.53. The number of nitrogens with one attached hydrogen (secondary N) is 1. The highest BCUT2D eigenvalue weighted by molar-refractivity contribution is 7.80. The van der Waals surface area contributed by atoms with Gasteiger partial charge in [0.2, 0.25) is 0 Å². The molecule has 0 radical (unpaired) electrons. The predicted octanol–water partition coefficient (Wildman–Crippen LogP) is 7.79. The van der Waals surface area contributed by atoms with Gasteiger partial charge in [0.15, 0.2) is 5.11 Å². The number of hydrogen-bond acceptors (Lipinski definition) is 4. The maximum absolute atomic E-state index is 13.5. The van der Waals surface area contributed by atoms with Gasteiger partial charge < -0.3 is 19.5 Å². The van der Waals surface area contributed by atoms with Crippen LogP contribution in [0.2, 0.25) is 5.02 Å². The lowest BCUT2D eigenvalue weighted by molar-refractivity contribution is 0.357. The molecule has 2 fully saturated rings. The predicted molar refractivity (Wildman–Crippen MR) is 159 cm³/mol. The van der Waals surface area contributed by atoms with Gasteiger partial charge in [-0.25, -0.2) is 4.39 Å². The molecule has 39 heavy (non-hydrogen) atoms. The Labute approximate surface area is 238 Å². The third kappa shape index (κ3) is 5.13. The molecule has 4 aromatic rings. The second-order valence-corrected chi connectivity index (χ2v) is 11.5. The third-order valence-corrected chi connectivity index (χ3v) is 8.18. The van der Waals surface area contributed by atoms with Crippen molar-refractivity contribution in [2.24, 2.45) is 11.8 Å². The minimum absolute atomic E-state index is 0.242. The summed E-state index contributed by atoms with van der Waals surface area (Å²) in [5.74, 6) is 2.33. The van der Waals surface area contributed by atoms with E-state index in [1.165, 1.54) is 18.6 Å². The van der Waals surface area contributed by atoms with Crippen molar-refractivity contribution in [2.45, 2.75) is 32.4 Å². The number of nitrogens with zero attached hydrogens (tertiary/aromatic N) is 3. The normalized spacial score (nSPS) is 23.2. The summed E-state index contributed by atoms with van der Waals surface area (Å²) in [6, 6.07) is 21.6. The number of halogens is 2. The first kappa shape index (κ1) is 25.8. The van der Waals surface area contributed by atoms with Gasteiger partial charge in [-0.1, -0.05) is 31.5 Å². The maximum atomic E-state index is 13.5. The highest BCUT2D eigenvalue weighted by Crippen LogP contribution is 2.44. The minimum Gasteiger partial charge on any atom is -0.459 e. The molecule has 4 heterocycles. The Balaban J connectivity index is 1.38. The van der Waals surface area contributed by atoms with Crippen LogP contribution in [0.5, 0.6) is 0 Å². The van der Waals surface area contributed by atoms with Crippen LogP contribution in [-0.4, -0.2) is 23.2 Å². The fraction of sp³-hybridized carbons (Fsp3) is 0.290. The van der Waals surface area contributed by atoms with Crippen LogP contribution >= 0.6 is 23.8 Å². The van der Waals surface area contributed by atoms with Crippen LogP contribution in [0.4, 0.5) is 15.8 Å². The zero-order valence-electron chi connectivity index (χ0n) is 21.9. The first-order valence-electron chi connectivity index (χ1n) is 13.3. The number of anilines is 2. The molecular formula is C31H30ClFN4OS. The lowest BCUT2D eigenvalue weighted by atomic mass is 9.91. The van der Waals surface area contributed by atoms with Crippen LogP contribution in [0, 0.1) is 17.7 Å². The number of aromatic nitrogens is 1. The van der Waals surface area contributed by atoms with E-state index in [2.05, 4.69) is 46.1 Å². The van der Waals surface area contributed by atoms with Crippen LogP contribution < -0.4 is 15.1 Å². The van der Waals surface area contributed by atoms with E-state index < -0.39 is 0 Å². The standard InChI is InChI=1S/C31H30ClFN4OS/c1-19-15-20(2)18-36(17-19)26-11-10-23(16-24(26)32)37-30(29(35-31(37)39)25-5-3-4-14-34-25)28-13-12-27(38-28)21-6-8-22(33)9-7-21/h3-14,16,19-20,29-30H,15,17-18H2,1-2H3,(H,35,39)/t19-,20+,29-,30+/m1/s1. The summed E-state index contributed by atoms with van der Waals surface area (Å²) in [7, 11) is 0. The molecule has 0 amide bonds. The molecule has 200 valence electrons. The van der Waals surface area contributed by atoms with Crippen molar-refractivity contribution in [3.05, 3.63) is 101 Å². The lowest BCUT2D eigenvalue weighted by Gasteiger charge is -2.37. The summed E-state index contributed by atoms with van der Waals surface area (Å²) < 4.78 is 19.9. The summed E-state index contributed by atoms with van der Waals surface area (Å²) in [6.45, 7) is 6.59. The Morgan fingerprint density at radius 3 is 2.46 bits per heavy atom. The van der Waals surface area contributed by atoms with Crippen molar-refractivity contribution >= 4 is 40.3 Å². The zero-order valence-corrected chi connectivity index (χ0v) is 23.4. The van der Waals surface area contributed by atoms with Gasteiger partial charge in [-0.15, -0.1) is 0 Å². The van der Waals surface area contributed by atoms with E-state index in [1.54, 1.807) is 18.3 Å². The van der Waals surface area contributed by atoms with Crippen LogP contribution in [0.3, 0.4) is 0 Å². The Kier molecular flexibility index (Phi) is 7.04. The molecule has 2 saturated heterocycles. The molecule has 6 rings (SSSR count). The van der Waals surface area contributed by atoms with Gasteiger partial charge >= 0.3 is 0 Å². The molecule has 2 aliphatic rings. The van der Waals surface area contributed by atoms with Crippen molar-refractivity contribution in [2.75, 3.05) is 22.9 Å². The van der Waals surface area contributed by atoms with Gasteiger partial charge in [0, 0.05) is 30.5 Å². The average molecular weight is 561 g/mol. The highest BCUT2D eigenvalue weighted by Gasteiger charge is 2.43. The molecule has 8 heteroatoms. The van der Waals surface area contributed by atoms with E-state index in [9.17, 15) is 4.39 Å². The van der Waals surface area contributed by atoms with Crippen molar-refractivity contribution in [3.63, 3.8) is 0 Å². The molecule has 4 atom stereocenters. The van der Waals surface area contributed by atoms with Crippen molar-refractivity contribution in [1.82, 2.24) is 10.3 Å². The fourth-order valence-corrected chi connectivity index (χ4v) is 6.60. The van der Waals surface area contributed by atoms with E-state index in [4.69, 9.17) is 28.2 Å². The molecular weight excluding hydrogens is 531 g/mol. The Morgan fingerprint density at radius 1 is 1.00 bits per heavy atom. The summed E-state index contributed by atoms with van der Waals surface area (Å²) in [5, 5.41) is 4.73. The van der Waals surface area contributed by atoms with Crippen LogP contribution in [0.1, 0.15) is 43.8 Å². The molecule has 0 aliphatic carbocycles. The quantitative estimate of drug-likeness (QED) is 0.251. The molecule has 2 aromatic carbocycles. The Hall–Kier alpha value is -3.42. The van der Waals surface area contributed by atoms with Gasteiger partial charge in [-0.2, -0.15) is 0 Å². The second kappa shape index (κ2) is 10.6. The number of benzene rings is 2. The first-order chi connectivity index (χ1) is 18.9. The fourth-order valence-electron chi connectivity index (χ4n) is 5.96. The smallest absolute Gasteiger partial charge is 0.174 e. The number of thiocarbonyl (C=S) groups is 1. The van der Waals surface area contributed by atoms with E-state index in [0.717, 1.165) is 41.5 Å². The van der Waals surface area contributed by atoms with E-state index in [0.29, 0.717) is 27.7 Å². The van der Waals surface area contributed by atoms with E-state index in [-0.39, 0.29) is 17.9 Å². The SMILES string of the molecule is C[C@@H]1C[C@H](C)CN(c2ccc(N3C(=S)N[C@H](c4ccccn4)[C@@H]3c3ccc(-c4ccc(F)cc4)o3)cc2Cl)C1. The number of furan rings is 1. The topological polar surface area (TPSA) is 44.5 Å². The summed E-state index contributed by atoms with van der Waals surface area (Å²) in [4.78, 5) is 9.06. The van der Waals surface area contributed by atoms with Gasteiger partial charge in [0.1, 0.15) is 23.4 Å². The first-order valence-corrected chi connectivity index (χ1v) is 14.1. The molecule has 2 aliphatic heterocycles. The Morgan fingerprint density at radius 2 is 1.77 bits per heavy atom. The van der Waals surface area contributed by atoms with Crippen molar-refractivity contribution < 1.29 is 8.81 Å². The van der Waals surface area contributed by atoms with Gasteiger partial charge in [-0.05, 0) is 97.2 Å². The van der Waals surface area contributed by atoms with Crippen LogP contribution in [0.25, 0.3) is 11.3 Å². The van der Waals surface area contributed by atoms with E-state index >= 15 is 0 Å². The van der Waals surface area contributed by atoms with E-state index in [1.807, 2.05) is 36.4 Å². The van der Waals surface area contributed by atoms with Gasteiger partial charge in [0.25, 0.3) is 0 Å². The molecule has 0 spiro atoms. The molecule has 0 bridgehead atoms. The van der Waals surface area contributed by atoms with Gasteiger partial charge in [0.05, 0.1) is 22.4 Å². The number of pyridine rings is 1. The Bertz CT molecular complexity index is 1470. The highest BCUT2D eigenvalue weighted by atomic mass is 35.5. The third-order valence-electron chi connectivity index (χ3n) is 7.56. The molecule has 2 aromatic heterocycles. The number of piperidine rings is 1. The molecule has 1 N–H and O–H groups in total. The van der Waals surface area contributed by atoms with Crippen molar-refractivity contribution in [3.8, 4) is 11.3 Å². The summed E-state index contributed by atoms with van der Waals surface area (Å²) >= 11 is 12.8. The molecule has 5 nitrogen and oxygen atoms in total. The van der Waals surface area contributed by atoms with Crippen molar-refractivity contribution in [1.29, 1.82) is 0 Å². The van der Waals surface area contributed by atoms with Crippen LogP contribution in [-0.2, 0) is 0 Å². The molecule has 0 unspecified atom stereocenters. The number of hydrogen-bond donors (Lipinski definition) is 1. The summed E-state index contributed by atoms with van der Waals surface area (Å²) in [6.07, 6.45) is 3.01. The number of rotatable bonds is 5. The lowest BCUT2D eigenvalue weighted by Crippen LogP contribution is -2.38. The van der Waals surface area contributed by atoms with Crippen LogP contribution in [0.15, 0.2) is 83.4 Å². The molecule has 0 saturated carbocycles. The minimum atomic E-state index is -0.307.